The molecule has 0 bridgehead atoms. The van der Waals surface area contributed by atoms with E-state index < -0.39 is 0 Å². The van der Waals surface area contributed by atoms with Gasteiger partial charge in [0.2, 0.25) is 0 Å². The second-order valence-corrected chi connectivity index (χ2v) is 10.9. The van der Waals surface area contributed by atoms with Crippen molar-refractivity contribution in [3.63, 3.8) is 0 Å². The molecule has 4 atom stereocenters. The molecule has 2 aromatic carbocycles. The van der Waals surface area contributed by atoms with Crippen molar-refractivity contribution in [2.45, 2.75) is 89.9 Å². The van der Waals surface area contributed by atoms with E-state index in [-0.39, 0.29) is 5.82 Å². The van der Waals surface area contributed by atoms with Crippen molar-refractivity contribution in [2.75, 3.05) is 0 Å². The van der Waals surface area contributed by atoms with Crippen LogP contribution in [0, 0.1) is 35.4 Å². The Bertz CT molecular complexity index is 847. The zero-order valence-corrected chi connectivity index (χ0v) is 18.8. The molecule has 5 rings (SSSR count). The molecule has 0 N–H and O–H groups in total. The van der Waals surface area contributed by atoms with Crippen LogP contribution in [-0.2, 0) is 0 Å². The van der Waals surface area contributed by atoms with Gasteiger partial charge in [0.25, 0.3) is 0 Å². The van der Waals surface area contributed by atoms with E-state index in [4.69, 9.17) is 0 Å². The molecule has 0 saturated heterocycles. The van der Waals surface area contributed by atoms with Gasteiger partial charge in [-0.2, -0.15) is 0 Å². The Morgan fingerprint density at radius 3 is 2.13 bits per heavy atom. The van der Waals surface area contributed by atoms with Gasteiger partial charge < -0.3 is 0 Å². The Kier molecular flexibility index (Phi) is 6.17. The van der Waals surface area contributed by atoms with Gasteiger partial charge in [-0.3, -0.25) is 0 Å². The second-order valence-electron chi connectivity index (χ2n) is 10.9. The summed E-state index contributed by atoms with van der Waals surface area (Å²) in [7, 11) is 0. The van der Waals surface area contributed by atoms with Crippen LogP contribution < -0.4 is 0 Å². The number of fused-ring (bicyclic) bond motifs is 2. The van der Waals surface area contributed by atoms with Gasteiger partial charge in [-0.25, -0.2) is 4.39 Å². The van der Waals surface area contributed by atoms with Crippen molar-refractivity contribution < 1.29 is 4.39 Å². The van der Waals surface area contributed by atoms with E-state index in [1.54, 1.807) is 25.0 Å². The van der Waals surface area contributed by atoms with Gasteiger partial charge in [-0.05, 0) is 122 Å². The number of hydrogen-bond donors (Lipinski definition) is 0. The smallest absolute Gasteiger partial charge is 0.123 e. The summed E-state index contributed by atoms with van der Waals surface area (Å²) in [4.78, 5) is 0. The highest BCUT2D eigenvalue weighted by Crippen LogP contribution is 2.50. The average Bonchev–Trinajstić information content (AvgIpc) is 2.79. The Morgan fingerprint density at radius 1 is 0.700 bits per heavy atom. The van der Waals surface area contributed by atoms with Gasteiger partial charge in [0.05, 0.1) is 0 Å². The standard InChI is InChI=1S/C29H39F/c1-2-3-20-4-5-26-17-24(11-10-23(26)16-20)21-6-8-22(9-7-21)25-12-13-28-19-29(30)15-14-27(28)18-25/h12-15,18-24,26H,2-11,16-17H2,1H3. The van der Waals surface area contributed by atoms with E-state index in [0.717, 1.165) is 35.0 Å². The molecule has 2 aromatic rings. The summed E-state index contributed by atoms with van der Waals surface area (Å²) in [6.45, 7) is 2.36. The van der Waals surface area contributed by atoms with Gasteiger partial charge in [0.15, 0.2) is 0 Å². The van der Waals surface area contributed by atoms with E-state index in [1.807, 2.05) is 6.07 Å². The molecule has 0 aromatic heterocycles. The van der Waals surface area contributed by atoms with Crippen LogP contribution in [-0.4, -0.2) is 0 Å². The van der Waals surface area contributed by atoms with Crippen LogP contribution >= 0.6 is 0 Å². The molecule has 4 unspecified atom stereocenters. The van der Waals surface area contributed by atoms with Crippen LogP contribution in [0.5, 0.6) is 0 Å². The number of hydrogen-bond acceptors (Lipinski definition) is 0. The first-order valence-corrected chi connectivity index (χ1v) is 12.9. The van der Waals surface area contributed by atoms with Crippen LogP contribution in [0.3, 0.4) is 0 Å². The molecule has 0 amide bonds. The summed E-state index contributed by atoms with van der Waals surface area (Å²) in [6, 6.07) is 11.9. The quantitative estimate of drug-likeness (QED) is 0.475. The van der Waals surface area contributed by atoms with Gasteiger partial charge in [-0.1, -0.05) is 50.5 Å². The van der Waals surface area contributed by atoms with Gasteiger partial charge in [-0.15, -0.1) is 0 Å². The Hall–Kier alpha value is -1.37. The molecule has 0 radical (unpaired) electrons. The van der Waals surface area contributed by atoms with Crippen molar-refractivity contribution >= 4 is 10.8 Å². The van der Waals surface area contributed by atoms with E-state index in [9.17, 15) is 4.39 Å². The normalized spacial score (nSPS) is 34.6. The third-order valence-electron chi connectivity index (χ3n) is 9.20. The van der Waals surface area contributed by atoms with Crippen molar-refractivity contribution in [1.82, 2.24) is 0 Å². The fraction of sp³-hybridized carbons (Fsp3) is 0.655. The molecule has 30 heavy (non-hydrogen) atoms. The maximum Gasteiger partial charge on any atom is 0.123 e. The number of benzene rings is 2. The Labute approximate surface area is 182 Å². The molecule has 3 saturated carbocycles. The van der Waals surface area contributed by atoms with Crippen LogP contribution in [0.25, 0.3) is 10.8 Å². The molecule has 3 fully saturated rings. The maximum atomic E-state index is 13.5. The molecular weight excluding hydrogens is 367 g/mol. The molecule has 0 nitrogen and oxygen atoms in total. The van der Waals surface area contributed by atoms with Crippen LogP contribution in [0.1, 0.15) is 95.5 Å². The van der Waals surface area contributed by atoms with Crippen LogP contribution in [0.2, 0.25) is 0 Å². The van der Waals surface area contributed by atoms with Crippen molar-refractivity contribution in [1.29, 1.82) is 0 Å². The molecule has 3 aliphatic carbocycles. The predicted molar refractivity (Wildman–Crippen MR) is 125 cm³/mol. The fourth-order valence-corrected chi connectivity index (χ4v) is 7.53. The highest BCUT2D eigenvalue weighted by molar-refractivity contribution is 5.83. The van der Waals surface area contributed by atoms with Crippen LogP contribution in [0.15, 0.2) is 36.4 Å². The Morgan fingerprint density at radius 2 is 1.33 bits per heavy atom. The van der Waals surface area contributed by atoms with Gasteiger partial charge >= 0.3 is 0 Å². The van der Waals surface area contributed by atoms with Crippen LogP contribution in [0.4, 0.5) is 4.39 Å². The lowest BCUT2D eigenvalue weighted by Gasteiger charge is -2.45. The zero-order chi connectivity index (χ0) is 20.5. The summed E-state index contributed by atoms with van der Waals surface area (Å²) in [5, 5.41) is 2.21. The minimum absolute atomic E-state index is 0.135. The van der Waals surface area contributed by atoms with Crippen molar-refractivity contribution in [3.8, 4) is 0 Å². The molecule has 162 valence electrons. The molecule has 0 spiro atoms. The zero-order valence-electron chi connectivity index (χ0n) is 18.8. The highest BCUT2D eigenvalue weighted by atomic mass is 19.1. The lowest BCUT2D eigenvalue weighted by atomic mass is 9.60. The van der Waals surface area contributed by atoms with Gasteiger partial charge in [0.1, 0.15) is 5.82 Å². The molecule has 3 aliphatic rings. The number of halogens is 1. The second kappa shape index (κ2) is 9.01. The summed E-state index contributed by atoms with van der Waals surface area (Å²) in [5.41, 5.74) is 1.48. The number of rotatable bonds is 4. The Balaban J connectivity index is 1.16. The molecule has 1 heteroatoms. The third kappa shape index (κ3) is 4.32. The average molecular weight is 407 g/mol. The largest absolute Gasteiger partial charge is 0.207 e. The topological polar surface area (TPSA) is 0 Å². The first-order chi connectivity index (χ1) is 14.7. The maximum absolute atomic E-state index is 13.5. The summed E-state index contributed by atoms with van der Waals surface area (Å²) >= 11 is 0. The summed E-state index contributed by atoms with van der Waals surface area (Å²) in [5.74, 6) is 5.71. The van der Waals surface area contributed by atoms with E-state index in [0.29, 0.717) is 5.92 Å². The monoisotopic (exact) mass is 406 g/mol. The predicted octanol–water partition coefficient (Wildman–Crippen LogP) is 8.89. The lowest BCUT2D eigenvalue weighted by Crippen LogP contribution is -2.34. The van der Waals surface area contributed by atoms with Crippen molar-refractivity contribution in [3.05, 3.63) is 47.8 Å². The first kappa shape index (κ1) is 20.5. The highest BCUT2D eigenvalue weighted by Gasteiger charge is 2.38. The minimum atomic E-state index is -0.135. The summed E-state index contributed by atoms with van der Waals surface area (Å²) in [6.07, 6.45) is 17.6. The molecular formula is C29H39F. The third-order valence-corrected chi connectivity index (χ3v) is 9.20. The lowest BCUT2D eigenvalue weighted by molar-refractivity contribution is 0.0618. The van der Waals surface area contributed by atoms with E-state index in [1.165, 1.54) is 75.2 Å². The minimum Gasteiger partial charge on any atom is -0.207 e. The fourth-order valence-electron chi connectivity index (χ4n) is 7.53. The van der Waals surface area contributed by atoms with Gasteiger partial charge in [0, 0.05) is 0 Å². The van der Waals surface area contributed by atoms with E-state index >= 15 is 0 Å². The summed E-state index contributed by atoms with van der Waals surface area (Å²) < 4.78 is 13.5. The molecule has 0 heterocycles. The molecule has 0 aliphatic heterocycles. The SMILES string of the molecule is CCCC1CCC2CC(C3CCC(c4ccc5cc(F)ccc5c4)CC3)CCC2C1. The van der Waals surface area contributed by atoms with E-state index in [2.05, 4.69) is 25.1 Å². The first-order valence-electron chi connectivity index (χ1n) is 12.9. The van der Waals surface area contributed by atoms with Crippen molar-refractivity contribution in [2.24, 2.45) is 29.6 Å².